The van der Waals surface area contributed by atoms with Crippen LogP contribution in [0.25, 0.3) is 10.8 Å². The topological polar surface area (TPSA) is 107 Å². The second kappa shape index (κ2) is 7.20. The van der Waals surface area contributed by atoms with Gasteiger partial charge in [-0.3, -0.25) is 10.1 Å². The minimum Gasteiger partial charge on any atom is -0.410 e. The Morgan fingerprint density at radius 2 is 2.08 bits per heavy atom. The Labute approximate surface area is 158 Å². The van der Waals surface area contributed by atoms with Gasteiger partial charge in [-0.2, -0.15) is 0 Å². The standard InChI is InChI=1S/C16H19N5O3S2/c1-8-13(26-9(2)17-8)14-19-20-15(23-14)25-7-11(22)18-12-6-10(21-24-12)16(3,4)5/h6H,7H2,1-5H3,(H,18,22). The molecule has 1 N–H and O–H groups in total. The summed E-state index contributed by atoms with van der Waals surface area (Å²) in [5, 5.41) is 15.9. The molecule has 10 heteroatoms. The predicted molar refractivity (Wildman–Crippen MR) is 99.4 cm³/mol. The predicted octanol–water partition coefficient (Wildman–Crippen LogP) is 3.83. The van der Waals surface area contributed by atoms with Gasteiger partial charge in [0.2, 0.25) is 11.8 Å². The maximum absolute atomic E-state index is 12.1. The van der Waals surface area contributed by atoms with Crippen LogP contribution in [0.3, 0.4) is 0 Å². The number of anilines is 1. The molecule has 0 aliphatic rings. The molecule has 0 unspecified atom stereocenters. The first-order chi connectivity index (χ1) is 12.2. The van der Waals surface area contributed by atoms with E-state index in [1.165, 1.54) is 11.3 Å². The number of thiazole rings is 1. The molecule has 0 aliphatic carbocycles. The van der Waals surface area contributed by atoms with Gasteiger partial charge in [-0.05, 0) is 13.8 Å². The average molecular weight is 393 g/mol. The number of rotatable bonds is 5. The van der Waals surface area contributed by atoms with Crippen molar-refractivity contribution in [3.8, 4) is 10.8 Å². The van der Waals surface area contributed by atoms with Crippen molar-refractivity contribution in [2.75, 3.05) is 11.1 Å². The summed E-state index contributed by atoms with van der Waals surface area (Å²) in [7, 11) is 0. The van der Waals surface area contributed by atoms with Gasteiger partial charge in [0.15, 0.2) is 0 Å². The fourth-order valence-electron chi connectivity index (χ4n) is 2.08. The van der Waals surface area contributed by atoms with E-state index < -0.39 is 0 Å². The van der Waals surface area contributed by atoms with Crippen LogP contribution < -0.4 is 5.32 Å². The van der Waals surface area contributed by atoms with Crippen molar-refractivity contribution < 1.29 is 13.7 Å². The summed E-state index contributed by atoms with van der Waals surface area (Å²) in [6, 6.07) is 1.72. The second-order valence-corrected chi connectivity index (χ2v) is 8.81. The van der Waals surface area contributed by atoms with E-state index in [2.05, 4.69) is 25.7 Å². The third kappa shape index (κ3) is 4.31. The van der Waals surface area contributed by atoms with Crippen LogP contribution in [0.4, 0.5) is 5.88 Å². The lowest BCUT2D eigenvalue weighted by Crippen LogP contribution is -2.14. The lowest BCUT2D eigenvalue weighted by atomic mass is 9.92. The van der Waals surface area contributed by atoms with Gasteiger partial charge in [-0.15, -0.1) is 21.5 Å². The van der Waals surface area contributed by atoms with E-state index in [1.54, 1.807) is 6.07 Å². The summed E-state index contributed by atoms with van der Waals surface area (Å²) < 4.78 is 10.8. The number of aryl methyl sites for hydroxylation is 2. The average Bonchev–Trinajstić information content (AvgIpc) is 3.24. The molecule has 138 valence electrons. The van der Waals surface area contributed by atoms with Crippen LogP contribution in [0.1, 0.15) is 37.2 Å². The molecule has 1 amide bonds. The molecule has 0 saturated carbocycles. The molecule has 0 bridgehead atoms. The highest BCUT2D eigenvalue weighted by Crippen LogP contribution is 2.30. The lowest BCUT2D eigenvalue weighted by Gasteiger charge is -2.12. The fourth-order valence-corrected chi connectivity index (χ4v) is 3.48. The smallest absolute Gasteiger partial charge is 0.277 e. The van der Waals surface area contributed by atoms with E-state index in [1.807, 2.05) is 34.6 Å². The lowest BCUT2D eigenvalue weighted by molar-refractivity contribution is -0.113. The number of carbonyl (C=O) groups is 1. The molecule has 3 rings (SSSR count). The molecular formula is C16H19N5O3S2. The maximum atomic E-state index is 12.1. The van der Waals surface area contributed by atoms with Crippen LogP contribution in [-0.2, 0) is 10.2 Å². The number of hydrogen-bond donors (Lipinski definition) is 1. The van der Waals surface area contributed by atoms with Gasteiger partial charge < -0.3 is 8.94 Å². The zero-order valence-electron chi connectivity index (χ0n) is 15.1. The van der Waals surface area contributed by atoms with Crippen LogP contribution in [0.15, 0.2) is 20.2 Å². The Morgan fingerprint density at radius 3 is 2.69 bits per heavy atom. The highest BCUT2D eigenvalue weighted by atomic mass is 32.2. The van der Waals surface area contributed by atoms with Crippen LogP contribution in [0.2, 0.25) is 0 Å². The van der Waals surface area contributed by atoms with Crippen LogP contribution in [0, 0.1) is 13.8 Å². The van der Waals surface area contributed by atoms with Crippen molar-refractivity contribution in [3.63, 3.8) is 0 Å². The molecule has 3 heterocycles. The number of amides is 1. The number of nitrogens with zero attached hydrogens (tertiary/aromatic N) is 4. The molecule has 0 aliphatic heterocycles. The molecule has 0 spiro atoms. The Hall–Kier alpha value is -2.20. The first kappa shape index (κ1) is 18.6. The maximum Gasteiger partial charge on any atom is 0.277 e. The van der Waals surface area contributed by atoms with Gasteiger partial charge in [0.1, 0.15) is 4.88 Å². The zero-order chi connectivity index (χ0) is 18.9. The number of thioether (sulfide) groups is 1. The fraction of sp³-hybridized carbons (Fsp3) is 0.438. The molecule has 0 fully saturated rings. The summed E-state index contributed by atoms with van der Waals surface area (Å²) in [6.45, 7) is 9.88. The van der Waals surface area contributed by atoms with Crippen molar-refractivity contribution >= 4 is 34.9 Å². The van der Waals surface area contributed by atoms with Gasteiger partial charge in [0, 0.05) is 11.5 Å². The second-order valence-electron chi connectivity index (χ2n) is 6.68. The van der Waals surface area contributed by atoms with Gasteiger partial charge in [-0.1, -0.05) is 37.7 Å². The molecule has 8 nitrogen and oxygen atoms in total. The summed E-state index contributed by atoms with van der Waals surface area (Å²) in [5.41, 5.74) is 1.48. The van der Waals surface area contributed by atoms with Gasteiger partial charge in [0.05, 0.1) is 22.1 Å². The molecular weight excluding hydrogens is 374 g/mol. The first-order valence-corrected chi connectivity index (χ1v) is 9.70. The van der Waals surface area contributed by atoms with Crippen LogP contribution in [0.5, 0.6) is 0 Å². The molecule has 3 aromatic heterocycles. The number of hydrogen-bond acceptors (Lipinski definition) is 9. The van der Waals surface area contributed by atoms with E-state index in [4.69, 9.17) is 8.94 Å². The number of nitrogens with one attached hydrogen (secondary N) is 1. The minimum atomic E-state index is -0.240. The third-order valence-electron chi connectivity index (χ3n) is 3.37. The molecule has 3 aromatic rings. The van der Waals surface area contributed by atoms with E-state index in [-0.39, 0.29) is 17.1 Å². The Kier molecular flexibility index (Phi) is 5.15. The summed E-state index contributed by atoms with van der Waals surface area (Å²) in [6.07, 6.45) is 0. The highest BCUT2D eigenvalue weighted by Gasteiger charge is 2.20. The Balaban J connectivity index is 1.57. The van der Waals surface area contributed by atoms with Crippen LogP contribution in [-0.4, -0.2) is 32.0 Å². The molecule has 0 aromatic carbocycles. The Bertz CT molecular complexity index is 923. The Morgan fingerprint density at radius 1 is 1.31 bits per heavy atom. The van der Waals surface area contributed by atoms with E-state index in [0.717, 1.165) is 33.0 Å². The SMILES string of the molecule is Cc1nc(C)c(-c2nnc(SCC(=O)Nc3cc(C(C)(C)C)no3)o2)s1. The minimum absolute atomic E-state index is 0.119. The van der Waals surface area contributed by atoms with E-state index >= 15 is 0 Å². The highest BCUT2D eigenvalue weighted by molar-refractivity contribution is 7.99. The van der Waals surface area contributed by atoms with E-state index in [9.17, 15) is 4.79 Å². The third-order valence-corrected chi connectivity index (χ3v) is 5.25. The molecule has 26 heavy (non-hydrogen) atoms. The quantitative estimate of drug-likeness (QED) is 0.652. The number of carbonyl (C=O) groups excluding carboxylic acids is 1. The zero-order valence-corrected chi connectivity index (χ0v) is 16.7. The first-order valence-electron chi connectivity index (χ1n) is 7.90. The van der Waals surface area contributed by atoms with E-state index in [0.29, 0.717) is 17.0 Å². The largest absolute Gasteiger partial charge is 0.410 e. The monoisotopic (exact) mass is 393 g/mol. The van der Waals surface area contributed by atoms with Crippen molar-refractivity contribution in [1.82, 2.24) is 20.3 Å². The van der Waals surface area contributed by atoms with Gasteiger partial charge >= 0.3 is 0 Å². The summed E-state index contributed by atoms with van der Waals surface area (Å²) >= 11 is 2.65. The molecule has 0 atom stereocenters. The van der Waals surface area contributed by atoms with Gasteiger partial charge in [-0.25, -0.2) is 4.98 Å². The summed E-state index contributed by atoms with van der Waals surface area (Å²) in [5.74, 6) is 0.619. The van der Waals surface area contributed by atoms with Crippen LogP contribution >= 0.6 is 23.1 Å². The summed E-state index contributed by atoms with van der Waals surface area (Å²) in [4.78, 5) is 17.3. The van der Waals surface area contributed by atoms with Crippen molar-refractivity contribution in [2.24, 2.45) is 0 Å². The number of aromatic nitrogens is 4. The normalized spacial score (nSPS) is 11.7. The van der Waals surface area contributed by atoms with Crippen molar-refractivity contribution in [3.05, 3.63) is 22.5 Å². The van der Waals surface area contributed by atoms with Crippen molar-refractivity contribution in [2.45, 2.75) is 45.3 Å². The van der Waals surface area contributed by atoms with Gasteiger partial charge in [0.25, 0.3) is 11.1 Å². The molecule has 0 radical (unpaired) electrons. The van der Waals surface area contributed by atoms with Crippen molar-refractivity contribution in [1.29, 1.82) is 0 Å². The molecule has 0 saturated heterocycles.